The van der Waals surface area contributed by atoms with Gasteiger partial charge in [-0.3, -0.25) is 14.3 Å². The van der Waals surface area contributed by atoms with Gasteiger partial charge < -0.3 is 15.3 Å². The fraction of sp³-hybridized carbons (Fsp3) is 0.241. The molecule has 0 radical (unpaired) electrons. The van der Waals surface area contributed by atoms with E-state index in [1.165, 1.54) is 4.90 Å². The molecule has 1 aliphatic heterocycles. The zero-order valence-electron chi connectivity index (χ0n) is 22.1. The maximum absolute atomic E-state index is 11.2. The highest BCUT2D eigenvalue weighted by atomic mass is 16.4. The van der Waals surface area contributed by atoms with Crippen molar-refractivity contribution in [3.8, 4) is 33.6 Å². The summed E-state index contributed by atoms with van der Waals surface area (Å²) in [7, 11) is 0. The monoisotopic (exact) mass is 535 g/mol. The number of aryl methyl sites for hydroxylation is 1. The van der Waals surface area contributed by atoms with Crippen molar-refractivity contribution in [3.63, 3.8) is 0 Å². The summed E-state index contributed by atoms with van der Waals surface area (Å²) < 4.78 is 3.85. The number of amides is 1. The molecule has 1 fully saturated rings. The molecule has 5 aromatic rings. The minimum atomic E-state index is -0.854. The number of piperidine rings is 1. The van der Waals surface area contributed by atoms with Crippen LogP contribution in [0.2, 0.25) is 0 Å². The van der Waals surface area contributed by atoms with Crippen LogP contribution in [0.5, 0.6) is 0 Å². The lowest BCUT2D eigenvalue weighted by atomic mass is 10.1. The Bertz CT molecular complexity index is 1600. The Morgan fingerprint density at radius 2 is 1.82 bits per heavy atom. The zero-order valence-corrected chi connectivity index (χ0v) is 22.1. The molecular formula is C29H29N9O2. The molecule has 11 nitrogen and oxygen atoms in total. The van der Waals surface area contributed by atoms with Crippen molar-refractivity contribution in [2.24, 2.45) is 0 Å². The smallest absolute Gasteiger partial charge is 0.407 e. The molecule has 0 bridgehead atoms. The predicted octanol–water partition coefficient (Wildman–Crippen LogP) is 5.34. The lowest BCUT2D eigenvalue weighted by molar-refractivity contribution is 0.124. The highest BCUT2D eigenvalue weighted by Gasteiger charge is 2.24. The first-order valence-electron chi connectivity index (χ1n) is 13.3. The van der Waals surface area contributed by atoms with E-state index in [2.05, 4.69) is 27.3 Å². The number of aromatic nitrogens is 7. The number of nitrogens with one attached hydrogen (secondary N) is 1. The van der Waals surface area contributed by atoms with E-state index in [1.807, 2.05) is 70.4 Å². The molecule has 5 heterocycles. The number of benzene rings is 1. The number of pyridine rings is 1. The highest BCUT2D eigenvalue weighted by molar-refractivity contribution is 5.78. The van der Waals surface area contributed by atoms with E-state index in [4.69, 9.17) is 10.1 Å². The number of rotatable bonds is 7. The first-order chi connectivity index (χ1) is 19.6. The van der Waals surface area contributed by atoms with E-state index in [0.29, 0.717) is 19.0 Å². The number of hydrogen-bond donors (Lipinski definition) is 2. The summed E-state index contributed by atoms with van der Waals surface area (Å²) in [4.78, 5) is 26.1. The van der Waals surface area contributed by atoms with E-state index in [9.17, 15) is 9.90 Å². The van der Waals surface area contributed by atoms with Crippen LogP contribution >= 0.6 is 0 Å². The molecule has 11 heteroatoms. The second kappa shape index (κ2) is 11.0. The van der Waals surface area contributed by atoms with Crippen LogP contribution in [0.15, 0.2) is 79.6 Å². The summed E-state index contributed by atoms with van der Waals surface area (Å²) in [6.07, 6.45) is 11.9. The van der Waals surface area contributed by atoms with Gasteiger partial charge in [0.15, 0.2) is 0 Å². The highest BCUT2D eigenvalue weighted by Crippen LogP contribution is 2.31. The largest absolute Gasteiger partial charge is 0.465 e. The van der Waals surface area contributed by atoms with Crippen molar-refractivity contribution < 1.29 is 9.90 Å². The van der Waals surface area contributed by atoms with Gasteiger partial charge in [0.1, 0.15) is 5.69 Å². The number of nitrogens with zero attached hydrogens (tertiary/aromatic N) is 8. The third-order valence-corrected chi connectivity index (χ3v) is 7.14. The summed E-state index contributed by atoms with van der Waals surface area (Å²) >= 11 is 0. The third-order valence-electron chi connectivity index (χ3n) is 7.14. The maximum Gasteiger partial charge on any atom is 0.407 e. The van der Waals surface area contributed by atoms with Crippen molar-refractivity contribution in [3.05, 3.63) is 79.6 Å². The van der Waals surface area contributed by atoms with Crippen molar-refractivity contribution >= 4 is 17.7 Å². The summed E-state index contributed by atoms with van der Waals surface area (Å²) in [6, 6.07) is 14.0. The number of carbonyl (C=O) groups is 1. The van der Waals surface area contributed by atoms with Crippen molar-refractivity contribution in [2.75, 3.05) is 18.4 Å². The van der Waals surface area contributed by atoms with Crippen LogP contribution < -0.4 is 5.32 Å². The first-order valence-corrected chi connectivity index (χ1v) is 13.3. The average Bonchev–Trinajstić information content (AvgIpc) is 3.67. The Hall–Kier alpha value is -5.06. The van der Waals surface area contributed by atoms with Crippen molar-refractivity contribution in [1.82, 2.24) is 39.4 Å². The predicted molar refractivity (Wildman–Crippen MR) is 151 cm³/mol. The van der Waals surface area contributed by atoms with Crippen LogP contribution in [0.4, 0.5) is 16.4 Å². The molecule has 0 atom stereocenters. The summed E-state index contributed by atoms with van der Waals surface area (Å²) in [5, 5.41) is 21.8. The maximum atomic E-state index is 11.2. The molecule has 6 rings (SSSR count). The van der Waals surface area contributed by atoms with Gasteiger partial charge in [-0.15, -0.1) is 0 Å². The Kier molecular flexibility index (Phi) is 6.92. The standard InChI is InChI=1S/C29H29N9O2/c1-2-37-19-25(27(35-37)21-4-3-12-30-16-21)26-9-13-31-28(34-26)33-23-7-5-20(6-8-23)22-17-32-38(18-22)24-10-14-36(15-11-24)29(39)40/h3-9,12-13,16-19,24H,2,10-11,14-15H2,1H3,(H,39,40)(H,31,33,34). The third kappa shape index (κ3) is 5.26. The summed E-state index contributed by atoms with van der Waals surface area (Å²) in [5.74, 6) is 0.493. The van der Waals surface area contributed by atoms with E-state index >= 15 is 0 Å². The second-order valence-electron chi connectivity index (χ2n) is 9.67. The first kappa shape index (κ1) is 25.2. The van der Waals surface area contributed by atoms with Crippen molar-refractivity contribution in [2.45, 2.75) is 32.4 Å². The van der Waals surface area contributed by atoms with Gasteiger partial charge in [-0.1, -0.05) is 12.1 Å². The Morgan fingerprint density at radius 3 is 2.55 bits per heavy atom. The van der Waals surface area contributed by atoms with E-state index in [-0.39, 0.29) is 6.04 Å². The van der Waals surface area contributed by atoms with Crippen LogP contribution in [0.1, 0.15) is 25.8 Å². The van der Waals surface area contributed by atoms with Gasteiger partial charge in [0.05, 0.1) is 17.9 Å². The van der Waals surface area contributed by atoms with Crippen LogP contribution in [0, 0.1) is 0 Å². The van der Waals surface area contributed by atoms with Crippen LogP contribution in [0.25, 0.3) is 33.6 Å². The van der Waals surface area contributed by atoms with Gasteiger partial charge in [0.2, 0.25) is 5.95 Å². The van der Waals surface area contributed by atoms with Gasteiger partial charge in [0, 0.05) is 73.0 Å². The number of carboxylic acid groups (broad SMARTS) is 1. The molecule has 1 aliphatic rings. The average molecular weight is 536 g/mol. The Balaban J connectivity index is 1.16. The fourth-order valence-corrected chi connectivity index (χ4v) is 4.94. The lowest BCUT2D eigenvalue weighted by Gasteiger charge is -2.30. The van der Waals surface area contributed by atoms with Gasteiger partial charge in [-0.05, 0) is 55.7 Å². The molecular weight excluding hydrogens is 506 g/mol. The molecule has 2 N–H and O–H groups in total. The normalized spacial score (nSPS) is 13.9. The Labute approximate surface area is 231 Å². The molecule has 1 saturated heterocycles. The van der Waals surface area contributed by atoms with Gasteiger partial charge in [-0.2, -0.15) is 10.2 Å². The van der Waals surface area contributed by atoms with Gasteiger partial charge in [-0.25, -0.2) is 14.8 Å². The van der Waals surface area contributed by atoms with Crippen molar-refractivity contribution in [1.29, 1.82) is 0 Å². The van der Waals surface area contributed by atoms with E-state index in [0.717, 1.165) is 58.7 Å². The van der Waals surface area contributed by atoms with Gasteiger partial charge >= 0.3 is 6.09 Å². The molecule has 0 unspecified atom stereocenters. The van der Waals surface area contributed by atoms with E-state index in [1.54, 1.807) is 18.6 Å². The van der Waals surface area contributed by atoms with Crippen LogP contribution in [-0.2, 0) is 6.54 Å². The fourth-order valence-electron chi connectivity index (χ4n) is 4.94. The molecule has 202 valence electrons. The molecule has 4 aromatic heterocycles. The SMILES string of the molecule is CCn1cc(-c2ccnc(Nc3ccc(-c4cnn(C5CCN(C(=O)O)CC5)c4)cc3)n2)c(-c2cccnc2)n1. The summed E-state index contributed by atoms with van der Waals surface area (Å²) in [5.41, 5.74) is 6.38. The number of hydrogen-bond acceptors (Lipinski definition) is 7. The lowest BCUT2D eigenvalue weighted by Crippen LogP contribution is -2.38. The summed E-state index contributed by atoms with van der Waals surface area (Å²) in [6.45, 7) is 3.87. The van der Waals surface area contributed by atoms with Gasteiger partial charge in [0.25, 0.3) is 0 Å². The zero-order chi connectivity index (χ0) is 27.5. The molecule has 0 saturated carbocycles. The molecule has 0 aliphatic carbocycles. The number of likely N-dealkylation sites (tertiary alicyclic amines) is 1. The number of anilines is 2. The van der Waals surface area contributed by atoms with E-state index < -0.39 is 6.09 Å². The Morgan fingerprint density at radius 1 is 1.00 bits per heavy atom. The van der Waals surface area contributed by atoms with Crippen LogP contribution in [0.3, 0.4) is 0 Å². The second-order valence-corrected chi connectivity index (χ2v) is 9.67. The van der Waals surface area contributed by atoms with Crippen LogP contribution in [-0.4, -0.2) is 63.7 Å². The minimum absolute atomic E-state index is 0.206. The topological polar surface area (TPSA) is 127 Å². The molecule has 0 spiro atoms. The quantitative estimate of drug-likeness (QED) is 0.286. The minimum Gasteiger partial charge on any atom is -0.465 e. The molecule has 40 heavy (non-hydrogen) atoms. The molecule has 1 amide bonds. The molecule has 1 aromatic carbocycles.